The molecule has 7 rings (SSSR count). The van der Waals surface area contributed by atoms with Crippen molar-refractivity contribution in [3.63, 3.8) is 0 Å². The van der Waals surface area contributed by atoms with Crippen LogP contribution in [0.4, 0.5) is 5.69 Å². The molecule has 34 heavy (non-hydrogen) atoms. The van der Waals surface area contributed by atoms with Gasteiger partial charge in [-0.15, -0.1) is 0 Å². The molecule has 0 bridgehead atoms. The minimum absolute atomic E-state index is 0.138. The van der Waals surface area contributed by atoms with Crippen LogP contribution in [0.15, 0.2) is 91.0 Å². The fourth-order valence-electron chi connectivity index (χ4n) is 6.72. The maximum atomic E-state index is 11.9. The molecule has 0 radical (unpaired) electrons. The largest absolute Gasteiger partial charge is 0.363 e. The number of fused-ring (bicyclic) bond motifs is 8. The molecule has 1 fully saturated rings. The predicted molar refractivity (Wildman–Crippen MR) is 142 cm³/mol. The third-order valence-corrected chi connectivity index (χ3v) is 8.25. The first kappa shape index (κ1) is 19.8. The van der Waals surface area contributed by atoms with Crippen LogP contribution in [0.2, 0.25) is 0 Å². The van der Waals surface area contributed by atoms with E-state index in [0.29, 0.717) is 12.0 Å². The second kappa shape index (κ2) is 7.70. The van der Waals surface area contributed by atoms with Crippen LogP contribution in [-0.2, 0) is 11.3 Å². The highest BCUT2D eigenvalue weighted by molar-refractivity contribution is 6.17. The Balaban J connectivity index is 1.34. The molecule has 2 nitrogen and oxygen atoms in total. The summed E-state index contributed by atoms with van der Waals surface area (Å²) < 4.78 is 0. The normalized spacial score (nSPS) is 21.6. The zero-order chi connectivity index (χ0) is 22.6. The molecule has 0 amide bonds. The van der Waals surface area contributed by atoms with Crippen molar-refractivity contribution in [2.75, 3.05) is 4.90 Å². The van der Waals surface area contributed by atoms with E-state index in [2.05, 4.69) is 95.9 Å². The molecule has 2 aliphatic rings. The van der Waals surface area contributed by atoms with Crippen molar-refractivity contribution in [2.24, 2.45) is 5.92 Å². The van der Waals surface area contributed by atoms with Gasteiger partial charge >= 0.3 is 0 Å². The predicted octanol–water partition coefficient (Wildman–Crippen LogP) is 7.62. The molecular weight excluding hydrogens is 414 g/mol. The number of hydrogen-bond donors (Lipinski definition) is 0. The van der Waals surface area contributed by atoms with Crippen LogP contribution in [-0.4, -0.2) is 12.3 Å². The van der Waals surface area contributed by atoms with Crippen LogP contribution in [0.3, 0.4) is 0 Å². The number of benzene rings is 5. The molecule has 166 valence electrons. The lowest BCUT2D eigenvalue weighted by molar-refractivity contribution is -0.112. The van der Waals surface area contributed by atoms with Gasteiger partial charge in [0, 0.05) is 30.1 Å². The Morgan fingerprint density at radius 2 is 1.47 bits per heavy atom. The van der Waals surface area contributed by atoms with Gasteiger partial charge in [0.1, 0.15) is 6.29 Å². The van der Waals surface area contributed by atoms with Crippen molar-refractivity contribution in [1.82, 2.24) is 0 Å². The van der Waals surface area contributed by atoms with Crippen LogP contribution in [0, 0.1) is 5.92 Å². The number of carbonyl (C=O) groups excluding carboxylic acids is 1. The standard InChI is InChI=1S/C32H27NO/c34-20-24-7-5-11-31-32(24)28-9-3-4-10-30(28)33(31)19-21-12-13-23-15-16-26-25-8-2-1-6-22(25)14-17-27(26)29(23)18-21/h1-4,6,8-10,12-18,20,24,31-32H,5,7,11,19H2. The molecule has 5 aromatic rings. The summed E-state index contributed by atoms with van der Waals surface area (Å²) in [5.74, 6) is 0.467. The molecule has 5 aromatic carbocycles. The molecule has 1 aliphatic carbocycles. The van der Waals surface area contributed by atoms with Gasteiger partial charge in [0.25, 0.3) is 0 Å². The Hall–Kier alpha value is -3.65. The molecule has 1 saturated carbocycles. The summed E-state index contributed by atoms with van der Waals surface area (Å²) in [5, 5.41) is 7.83. The first-order valence-corrected chi connectivity index (χ1v) is 12.5. The van der Waals surface area contributed by atoms with E-state index in [1.165, 1.54) is 55.4 Å². The summed E-state index contributed by atoms with van der Waals surface area (Å²) in [6.07, 6.45) is 4.52. The third-order valence-electron chi connectivity index (χ3n) is 8.25. The Labute approximate surface area is 199 Å². The van der Waals surface area contributed by atoms with Crippen LogP contribution in [0.1, 0.15) is 36.3 Å². The van der Waals surface area contributed by atoms with Crippen LogP contribution in [0.25, 0.3) is 32.3 Å². The highest BCUT2D eigenvalue weighted by Crippen LogP contribution is 2.50. The zero-order valence-electron chi connectivity index (χ0n) is 19.2. The van der Waals surface area contributed by atoms with Crippen LogP contribution >= 0.6 is 0 Å². The van der Waals surface area contributed by atoms with E-state index in [1.54, 1.807) is 0 Å². The molecule has 0 spiro atoms. The summed E-state index contributed by atoms with van der Waals surface area (Å²) in [5.41, 5.74) is 4.01. The van der Waals surface area contributed by atoms with Crippen molar-refractivity contribution in [1.29, 1.82) is 0 Å². The molecule has 1 aliphatic heterocycles. The quantitative estimate of drug-likeness (QED) is 0.212. The number of para-hydroxylation sites is 1. The monoisotopic (exact) mass is 441 g/mol. The second-order valence-electron chi connectivity index (χ2n) is 10.0. The fourth-order valence-corrected chi connectivity index (χ4v) is 6.72. The molecule has 1 heterocycles. The SMILES string of the molecule is O=CC1CCCC2C1c1ccccc1N2Cc1ccc2ccc3c4ccccc4ccc3c2c1. The molecule has 0 saturated heterocycles. The van der Waals surface area contributed by atoms with Gasteiger partial charge in [0.15, 0.2) is 0 Å². The topological polar surface area (TPSA) is 20.3 Å². The van der Waals surface area contributed by atoms with E-state index in [-0.39, 0.29) is 5.92 Å². The maximum absolute atomic E-state index is 11.9. The third kappa shape index (κ3) is 2.91. The van der Waals surface area contributed by atoms with Gasteiger partial charge in [-0.3, -0.25) is 0 Å². The van der Waals surface area contributed by atoms with Gasteiger partial charge in [-0.2, -0.15) is 0 Å². The molecule has 0 N–H and O–H groups in total. The smallest absolute Gasteiger partial charge is 0.123 e. The van der Waals surface area contributed by atoms with E-state index in [9.17, 15) is 4.79 Å². The van der Waals surface area contributed by atoms with E-state index in [0.717, 1.165) is 25.8 Å². The summed E-state index contributed by atoms with van der Waals surface area (Å²) in [6.45, 7) is 0.879. The minimum Gasteiger partial charge on any atom is -0.363 e. The maximum Gasteiger partial charge on any atom is 0.123 e. The van der Waals surface area contributed by atoms with Crippen molar-refractivity contribution < 1.29 is 4.79 Å². The van der Waals surface area contributed by atoms with Crippen molar-refractivity contribution >= 4 is 44.3 Å². The van der Waals surface area contributed by atoms with E-state index >= 15 is 0 Å². The number of hydrogen-bond acceptors (Lipinski definition) is 2. The van der Waals surface area contributed by atoms with Gasteiger partial charge in [-0.05, 0) is 68.4 Å². The van der Waals surface area contributed by atoms with Crippen LogP contribution < -0.4 is 4.90 Å². The Morgan fingerprint density at radius 3 is 2.35 bits per heavy atom. The number of carbonyl (C=O) groups is 1. The molecular formula is C32H27NO. The first-order chi connectivity index (χ1) is 16.8. The Bertz CT molecular complexity index is 1570. The lowest BCUT2D eigenvalue weighted by Gasteiger charge is -2.36. The van der Waals surface area contributed by atoms with Gasteiger partial charge in [0.05, 0.1) is 0 Å². The van der Waals surface area contributed by atoms with E-state index in [1.807, 2.05) is 0 Å². The number of anilines is 1. The zero-order valence-corrected chi connectivity index (χ0v) is 19.2. The number of rotatable bonds is 3. The Morgan fingerprint density at radius 1 is 0.735 bits per heavy atom. The number of nitrogens with zero attached hydrogens (tertiary/aromatic N) is 1. The average molecular weight is 442 g/mol. The van der Waals surface area contributed by atoms with Crippen molar-refractivity contribution in [3.8, 4) is 0 Å². The van der Waals surface area contributed by atoms with Gasteiger partial charge in [-0.25, -0.2) is 0 Å². The van der Waals surface area contributed by atoms with Gasteiger partial charge in [0.2, 0.25) is 0 Å². The number of aldehydes is 1. The minimum atomic E-state index is 0.138. The first-order valence-electron chi connectivity index (χ1n) is 12.5. The van der Waals surface area contributed by atoms with E-state index < -0.39 is 0 Å². The molecule has 3 unspecified atom stereocenters. The summed E-state index contributed by atoms with van der Waals surface area (Å²) in [4.78, 5) is 14.5. The highest BCUT2D eigenvalue weighted by Gasteiger charge is 2.44. The lowest BCUT2D eigenvalue weighted by atomic mass is 9.75. The van der Waals surface area contributed by atoms with Crippen molar-refractivity contribution in [2.45, 2.75) is 37.8 Å². The second-order valence-corrected chi connectivity index (χ2v) is 10.0. The highest BCUT2D eigenvalue weighted by atomic mass is 16.1. The molecule has 0 aromatic heterocycles. The summed E-state index contributed by atoms with van der Waals surface area (Å²) in [6, 6.07) is 33.8. The Kier molecular flexibility index (Phi) is 4.48. The summed E-state index contributed by atoms with van der Waals surface area (Å²) >= 11 is 0. The van der Waals surface area contributed by atoms with E-state index in [4.69, 9.17) is 0 Å². The van der Waals surface area contributed by atoms with Gasteiger partial charge in [-0.1, -0.05) is 85.3 Å². The fraction of sp³-hybridized carbons (Fsp3) is 0.219. The molecule has 2 heteroatoms. The molecule has 3 atom stereocenters. The average Bonchev–Trinajstić information content (AvgIpc) is 3.22. The van der Waals surface area contributed by atoms with Crippen LogP contribution in [0.5, 0.6) is 0 Å². The van der Waals surface area contributed by atoms with Gasteiger partial charge < -0.3 is 9.69 Å². The summed E-state index contributed by atoms with van der Waals surface area (Å²) in [7, 11) is 0. The van der Waals surface area contributed by atoms with Crippen molar-refractivity contribution in [3.05, 3.63) is 102 Å². The lowest BCUT2D eigenvalue weighted by Crippen LogP contribution is -2.39.